The summed E-state index contributed by atoms with van der Waals surface area (Å²) in [7, 11) is 0. The van der Waals surface area contributed by atoms with E-state index in [-0.39, 0.29) is 11.0 Å². The van der Waals surface area contributed by atoms with Crippen molar-refractivity contribution >= 4 is 23.2 Å². The second kappa shape index (κ2) is 9.70. The van der Waals surface area contributed by atoms with Gasteiger partial charge in [0.25, 0.3) is 5.91 Å². The van der Waals surface area contributed by atoms with E-state index in [2.05, 4.69) is 29.6 Å². The van der Waals surface area contributed by atoms with Gasteiger partial charge in [0.05, 0.1) is 5.69 Å². The minimum atomic E-state index is -0.439. The van der Waals surface area contributed by atoms with Crippen LogP contribution in [0.2, 0.25) is 5.02 Å². The standard InChI is InChI=1S/C29H27ClN2O2/c1-18-11-13-22(14-12-18)17-32-20(3)15-26(33)27(28(32)23-8-6-9-24(30)16-23)29(34)31-25-10-5-7-19(2)21(25)4/h5-16H,17H2,1-4H3,(H,31,34). The highest BCUT2D eigenvalue weighted by Crippen LogP contribution is 2.28. The fraction of sp³-hybridized carbons (Fsp3) is 0.172. The maximum absolute atomic E-state index is 13.6. The molecule has 0 saturated carbocycles. The van der Waals surface area contributed by atoms with Crippen molar-refractivity contribution in [3.63, 3.8) is 0 Å². The number of carbonyl (C=O) groups is 1. The van der Waals surface area contributed by atoms with Crippen LogP contribution in [0, 0.1) is 27.7 Å². The average Bonchev–Trinajstić information content (AvgIpc) is 2.79. The Morgan fingerprint density at radius 2 is 1.62 bits per heavy atom. The summed E-state index contributed by atoms with van der Waals surface area (Å²) in [4.78, 5) is 26.8. The second-order valence-corrected chi connectivity index (χ2v) is 9.09. The normalized spacial score (nSPS) is 10.9. The largest absolute Gasteiger partial charge is 0.340 e. The van der Waals surface area contributed by atoms with Crippen LogP contribution < -0.4 is 10.7 Å². The van der Waals surface area contributed by atoms with Gasteiger partial charge in [-0.1, -0.05) is 65.7 Å². The zero-order valence-electron chi connectivity index (χ0n) is 19.8. The lowest BCUT2D eigenvalue weighted by molar-refractivity contribution is 0.102. The van der Waals surface area contributed by atoms with Crippen LogP contribution in [-0.2, 0) is 6.54 Å². The molecule has 0 aliphatic carbocycles. The highest BCUT2D eigenvalue weighted by Gasteiger charge is 2.23. The van der Waals surface area contributed by atoms with Gasteiger partial charge in [0.1, 0.15) is 5.56 Å². The van der Waals surface area contributed by atoms with Crippen LogP contribution in [-0.4, -0.2) is 10.5 Å². The first-order valence-electron chi connectivity index (χ1n) is 11.2. The molecule has 4 nitrogen and oxygen atoms in total. The van der Waals surface area contributed by atoms with Crippen molar-refractivity contribution in [2.45, 2.75) is 34.2 Å². The molecule has 0 radical (unpaired) electrons. The van der Waals surface area contributed by atoms with Gasteiger partial charge in [-0.05, 0) is 62.6 Å². The summed E-state index contributed by atoms with van der Waals surface area (Å²) >= 11 is 6.32. The third-order valence-electron chi connectivity index (χ3n) is 6.16. The number of hydrogen-bond donors (Lipinski definition) is 1. The number of pyridine rings is 1. The van der Waals surface area contributed by atoms with Gasteiger partial charge in [-0.3, -0.25) is 9.59 Å². The molecule has 0 atom stereocenters. The summed E-state index contributed by atoms with van der Waals surface area (Å²) in [5, 5.41) is 3.50. The Bertz CT molecular complexity index is 1440. The third-order valence-corrected chi connectivity index (χ3v) is 6.39. The third kappa shape index (κ3) is 4.82. The summed E-state index contributed by atoms with van der Waals surface area (Å²) in [5.41, 5.74) is 6.76. The lowest BCUT2D eigenvalue weighted by Crippen LogP contribution is -2.27. The molecule has 1 amide bonds. The number of carbonyl (C=O) groups excluding carboxylic acids is 1. The second-order valence-electron chi connectivity index (χ2n) is 8.66. The van der Waals surface area contributed by atoms with Gasteiger partial charge in [-0.25, -0.2) is 0 Å². The number of aryl methyl sites for hydroxylation is 3. The molecule has 0 aliphatic rings. The number of benzene rings is 3. The van der Waals surface area contributed by atoms with Crippen LogP contribution in [0.15, 0.2) is 77.6 Å². The van der Waals surface area contributed by atoms with Crippen LogP contribution in [0.5, 0.6) is 0 Å². The van der Waals surface area contributed by atoms with E-state index in [1.54, 1.807) is 12.1 Å². The molecule has 1 aromatic heterocycles. The molecule has 0 aliphatic heterocycles. The van der Waals surface area contributed by atoms with E-state index < -0.39 is 5.91 Å². The molecule has 1 N–H and O–H groups in total. The molecule has 0 bridgehead atoms. The number of rotatable bonds is 5. The summed E-state index contributed by atoms with van der Waals surface area (Å²) in [6, 6.07) is 22.8. The van der Waals surface area contributed by atoms with E-state index in [1.165, 1.54) is 11.6 Å². The van der Waals surface area contributed by atoms with Gasteiger partial charge in [-0.2, -0.15) is 0 Å². The van der Waals surface area contributed by atoms with E-state index in [1.807, 2.05) is 62.6 Å². The molecule has 1 heterocycles. The number of aromatic nitrogens is 1. The first-order chi connectivity index (χ1) is 16.2. The van der Waals surface area contributed by atoms with Crippen molar-refractivity contribution in [3.8, 4) is 11.3 Å². The summed E-state index contributed by atoms with van der Waals surface area (Å²) < 4.78 is 2.01. The lowest BCUT2D eigenvalue weighted by atomic mass is 10.0. The molecule has 0 spiro atoms. The summed E-state index contributed by atoms with van der Waals surface area (Å²) in [5.74, 6) is -0.439. The molecule has 0 saturated heterocycles. The maximum Gasteiger partial charge on any atom is 0.261 e. The van der Waals surface area contributed by atoms with Gasteiger partial charge >= 0.3 is 0 Å². The van der Waals surface area contributed by atoms with Gasteiger partial charge in [-0.15, -0.1) is 0 Å². The maximum atomic E-state index is 13.6. The minimum Gasteiger partial charge on any atom is -0.340 e. The van der Waals surface area contributed by atoms with E-state index in [9.17, 15) is 9.59 Å². The number of nitrogens with one attached hydrogen (secondary N) is 1. The smallest absolute Gasteiger partial charge is 0.261 e. The summed E-state index contributed by atoms with van der Waals surface area (Å²) in [6.07, 6.45) is 0. The Morgan fingerprint density at radius 3 is 2.32 bits per heavy atom. The molecule has 4 aromatic rings. The van der Waals surface area contributed by atoms with Crippen molar-refractivity contribution in [2.75, 3.05) is 5.32 Å². The Hall–Kier alpha value is -3.63. The van der Waals surface area contributed by atoms with Crippen LogP contribution >= 0.6 is 11.6 Å². The van der Waals surface area contributed by atoms with Crippen molar-refractivity contribution in [1.82, 2.24) is 4.57 Å². The van der Waals surface area contributed by atoms with Crippen LogP contribution in [0.3, 0.4) is 0 Å². The van der Waals surface area contributed by atoms with Gasteiger partial charge < -0.3 is 9.88 Å². The molecular weight excluding hydrogens is 444 g/mol. The Morgan fingerprint density at radius 1 is 0.912 bits per heavy atom. The fourth-order valence-corrected chi connectivity index (χ4v) is 4.26. The Kier molecular flexibility index (Phi) is 6.71. The van der Waals surface area contributed by atoms with Crippen LogP contribution in [0.4, 0.5) is 5.69 Å². The van der Waals surface area contributed by atoms with E-state index >= 15 is 0 Å². The fourth-order valence-electron chi connectivity index (χ4n) is 4.07. The molecule has 172 valence electrons. The van der Waals surface area contributed by atoms with Crippen LogP contribution in [0.25, 0.3) is 11.3 Å². The van der Waals surface area contributed by atoms with Crippen molar-refractivity contribution in [1.29, 1.82) is 0 Å². The monoisotopic (exact) mass is 470 g/mol. The van der Waals surface area contributed by atoms with Crippen LogP contribution in [0.1, 0.15) is 38.3 Å². The van der Waals surface area contributed by atoms with Gasteiger partial charge in [0.2, 0.25) is 0 Å². The quantitative estimate of drug-likeness (QED) is 0.352. The molecule has 4 rings (SSSR count). The predicted molar refractivity (Wildman–Crippen MR) is 140 cm³/mol. The number of nitrogens with zero attached hydrogens (tertiary/aromatic N) is 1. The number of anilines is 1. The zero-order valence-corrected chi connectivity index (χ0v) is 20.5. The number of halogens is 1. The minimum absolute atomic E-state index is 0.0980. The molecule has 0 fully saturated rings. The average molecular weight is 471 g/mol. The Balaban J connectivity index is 1.91. The van der Waals surface area contributed by atoms with Gasteiger partial charge in [0.15, 0.2) is 5.43 Å². The first kappa shape index (κ1) is 23.5. The topological polar surface area (TPSA) is 51.1 Å². The van der Waals surface area contributed by atoms with E-state index in [0.717, 1.165) is 22.4 Å². The highest BCUT2D eigenvalue weighted by atomic mass is 35.5. The van der Waals surface area contributed by atoms with E-state index in [4.69, 9.17) is 11.6 Å². The molecular formula is C29H27ClN2O2. The predicted octanol–water partition coefficient (Wildman–Crippen LogP) is 6.70. The molecule has 3 aromatic carbocycles. The molecule has 5 heteroatoms. The zero-order chi connectivity index (χ0) is 24.4. The van der Waals surface area contributed by atoms with E-state index in [0.29, 0.717) is 28.5 Å². The van der Waals surface area contributed by atoms with Gasteiger partial charge in [0, 0.05) is 34.6 Å². The van der Waals surface area contributed by atoms with Crippen molar-refractivity contribution in [2.24, 2.45) is 0 Å². The summed E-state index contributed by atoms with van der Waals surface area (Å²) in [6.45, 7) is 8.38. The SMILES string of the molecule is Cc1ccc(Cn2c(C)cc(=O)c(C(=O)Nc3cccc(C)c3C)c2-c2cccc(Cl)c2)cc1. The number of hydrogen-bond acceptors (Lipinski definition) is 2. The first-order valence-corrected chi connectivity index (χ1v) is 11.6. The van der Waals surface area contributed by atoms with Crippen molar-refractivity contribution < 1.29 is 4.79 Å². The number of amides is 1. The Labute approximate surface area is 204 Å². The molecule has 0 unspecified atom stereocenters. The lowest BCUT2D eigenvalue weighted by Gasteiger charge is -2.21. The van der Waals surface area contributed by atoms with Crippen molar-refractivity contribution in [3.05, 3.63) is 122 Å². The molecule has 34 heavy (non-hydrogen) atoms. The highest BCUT2D eigenvalue weighted by molar-refractivity contribution is 6.30.